The summed E-state index contributed by atoms with van der Waals surface area (Å²) in [4.78, 5) is 13.7. The number of hydrogen-bond acceptors (Lipinski definition) is 5. The number of amides is 1. The number of aromatic nitrogens is 2. The Bertz CT molecular complexity index is 635. The van der Waals surface area contributed by atoms with E-state index < -0.39 is 5.91 Å². The second-order valence-corrected chi connectivity index (χ2v) is 4.98. The van der Waals surface area contributed by atoms with Crippen molar-refractivity contribution in [2.45, 2.75) is 0 Å². The van der Waals surface area contributed by atoms with Crippen molar-refractivity contribution in [1.29, 1.82) is 0 Å². The van der Waals surface area contributed by atoms with Crippen LogP contribution in [0.2, 0.25) is 0 Å². The van der Waals surface area contributed by atoms with E-state index in [2.05, 4.69) is 5.10 Å². The molecular formula is C15H20N4O3. The molecule has 0 bridgehead atoms. The number of benzene rings is 1. The van der Waals surface area contributed by atoms with Gasteiger partial charge in [0.2, 0.25) is 0 Å². The van der Waals surface area contributed by atoms with Crippen LogP contribution in [0.1, 0.15) is 10.5 Å². The normalized spacial score (nSPS) is 10.7. The molecule has 1 aromatic heterocycles. The number of primary amides is 1. The minimum Gasteiger partial charge on any atom is -0.497 e. The zero-order valence-corrected chi connectivity index (χ0v) is 12.9. The Kier molecular flexibility index (Phi) is 5.00. The van der Waals surface area contributed by atoms with Crippen molar-refractivity contribution < 1.29 is 14.3 Å². The van der Waals surface area contributed by atoms with Gasteiger partial charge in [-0.05, 0) is 38.4 Å². The molecule has 1 amide bonds. The Balaban J connectivity index is 2.27. The van der Waals surface area contributed by atoms with Gasteiger partial charge in [0, 0.05) is 6.54 Å². The van der Waals surface area contributed by atoms with Gasteiger partial charge < -0.3 is 20.1 Å². The molecule has 0 saturated heterocycles. The van der Waals surface area contributed by atoms with Crippen LogP contribution in [0.25, 0.3) is 5.69 Å². The first-order valence-corrected chi connectivity index (χ1v) is 6.82. The van der Waals surface area contributed by atoms with E-state index in [1.54, 1.807) is 31.4 Å². The summed E-state index contributed by atoms with van der Waals surface area (Å²) in [5.41, 5.74) is 6.40. The van der Waals surface area contributed by atoms with E-state index in [0.717, 1.165) is 12.3 Å². The highest BCUT2D eigenvalue weighted by atomic mass is 16.5. The number of carbonyl (C=O) groups is 1. The molecule has 0 radical (unpaired) electrons. The van der Waals surface area contributed by atoms with Gasteiger partial charge in [-0.2, -0.15) is 5.10 Å². The van der Waals surface area contributed by atoms with E-state index in [0.29, 0.717) is 18.0 Å². The average Bonchev–Trinajstić information content (AvgIpc) is 2.91. The number of hydrogen-bond donors (Lipinski definition) is 1. The molecule has 0 aliphatic carbocycles. The fraction of sp³-hybridized carbons (Fsp3) is 0.333. The Morgan fingerprint density at radius 2 is 2.00 bits per heavy atom. The zero-order valence-electron chi connectivity index (χ0n) is 12.9. The molecule has 0 saturated carbocycles. The lowest BCUT2D eigenvalue weighted by Gasteiger charge is -2.11. The van der Waals surface area contributed by atoms with Gasteiger partial charge in [-0.15, -0.1) is 0 Å². The molecule has 7 heteroatoms. The molecule has 22 heavy (non-hydrogen) atoms. The first-order chi connectivity index (χ1) is 10.5. The second kappa shape index (κ2) is 6.95. The Morgan fingerprint density at radius 3 is 2.55 bits per heavy atom. The molecule has 1 aromatic carbocycles. The lowest BCUT2D eigenvalue weighted by molar-refractivity contribution is 0.0988. The lowest BCUT2D eigenvalue weighted by Crippen LogP contribution is -2.21. The topological polar surface area (TPSA) is 82.6 Å². The molecule has 0 fully saturated rings. The molecular weight excluding hydrogens is 284 g/mol. The zero-order chi connectivity index (χ0) is 16.1. The van der Waals surface area contributed by atoms with Crippen LogP contribution in [0.3, 0.4) is 0 Å². The van der Waals surface area contributed by atoms with E-state index in [1.165, 1.54) is 10.9 Å². The van der Waals surface area contributed by atoms with Crippen LogP contribution in [-0.2, 0) is 0 Å². The predicted octanol–water partition coefficient (Wildman–Crippen LogP) is 0.920. The minimum absolute atomic E-state index is 0.226. The third kappa shape index (κ3) is 3.56. The molecule has 0 atom stereocenters. The Hall–Kier alpha value is -2.54. The SMILES string of the molecule is COc1ccc(-n2ncc(OCCN(C)C)c2C(N)=O)cc1. The number of likely N-dealkylation sites (N-methyl/N-ethyl adjacent to an activating group) is 1. The summed E-state index contributed by atoms with van der Waals surface area (Å²) >= 11 is 0. The summed E-state index contributed by atoms with van der Waals surface area (Å²) in [7, 11) is 5.48. The van der Waals surface area contributed by atoms with E-state index in [1.807, 2.05) is 19.0 Å². The number of ether oxygens (including phenoxy) is 2. The van der Waals surface area contributed by atoms with Gasteiger partial charge in [-0.3, -0.25) is 4.79 Å². The number of carbonyl (C=O) groups excluding carboxylic acids is 1. The van der Waals surface area contributed by atoms with E-state index >= 15 is 0 Å². The fourth-order valence-electron chi connectivity index (χ4n) is 1.92. The molecule has 0 aliphatic heterocycles. The van der Waals surface area contributed by atoms with Crippen LogP contribution in [-0.4, -0.2) is 54.9 Å². The summed E-state index contributed by atoms with van der Waals surface area (Å²) in [6.45, 7) is 1.17. The number of rotatable bonds is 7. The van der Waals surface area contributed by atoms with Crippen molar-refractivity contribution in [2.75, 3.05) is 34.4 Å². The van der Waals surface area contributed by atoms with Crippen molar-refractivity contribution in [3.63, 3.8) is 0 Å². The molecule has 7 nitrogen and oxygen atoms in total. The standard InChI is InChI=1S/C15H20N4O3/c1-18(2)8-9-22-13-10-17-19(14(13)15(16)20)11-4-6-12(21-3)7-5-11/h4-7,10H,8-9H2,1-3H3,(H2,16,20). The highest BCUT2D eigenvalue weighted by molar-refractivity contribution is 5.94. The van der Waals surface area contributed by atoms with Crippen molar-refractivity contribution in [1.82, 2.24) is 14.7 Å². The van der Waals surface area contributed by atoms with Crippen LogP contribution in [0, 0.1) is 0 Å². The second-order valence-electron chi connectivity index (χ2n) is 4.98. The Morgan fingerprint density at radius 1 is 1.32 bits per heavy atom. The van der Waals surface area contributed by atoms with Crippen LogP contribution >= 0.6 is 0 Å². The molecule has 0 spiro atoms. The van der Waals surface area contributed by atoms with Gasteiger partial charge >= 0.3 is 0 Å². The summed E-state index contributed by atoms with van der Waals surface area (Å²) in [6.07, 6.45) is 1.50. The monoisotopic (exact) mass is 304 g/mol. The maximum atomic E-state index is 11.7. The van der Waals surface area contributed by atoms with Gasteiger partial charge in [0.15, 0.2) is 11.4 Å². The minimum atomic E-state index is -0.590. The number of nitrogens with zero attached hydrogens (tertiary/aromatic N) is 3. The van der Waals surface area contributed by atoms with Crippen LogP contribution < -0.4 is 15.2 Å². The van der Waals surface area contributed by atoms with Gasteiger partial charge in [-0.1, -0.05) is 0 Å². The largest absolute Gasteiger partial charge is 0.497 e. The van der Waals surface area contributed by atoms with E-state index in [9.17, 15) is 4.79 Å². The summed E-state index contributed by atoms with van der Waals surface area (Å²) in [5, 5.41) is 4.20. The molecule has 0 aliphatic rings. The molecule has 2 aromatic rings. The molecule has 0 unspecified atom stereocenters. The molecule has 1 heterocycles. The third-order valence-electron chi connectivity index (χ3n) is 3.08. The number of nitrogens with two attached hydrogens (primary N) is 1. The van der Waals surface area contributed by atoms with E-state index in [-0.39, 0.29) is 5.69 Å². The first-order valence-electron chi connectivity index (χ1n) is 6.82. The smallest absolute Gasteiger partial charge is 0.271 e. The van der Waals surface area contributed by atoms with Crippen molar-refractivity contribution >= 4 is 5.91 Å². The highest BCUT2D eigenvalue weighted by Gasteiger charge is 2.18. The average molecular weight is 304 g/mol. The van der Waals surface area contributed by atoms with Gasteiger partial charge in [-0.25, -0.2) is 4.68 Å². The molecule has 118 valence electrons. The quantitative estimate of drug-likeness (QED) is 0.822. The van der Waals surface area contributed by atoms with Crippen LogP contribution in [0.4, 0.5) is 0 Å². The van der Waals surface area contributed by atoms with E-state index in [4.69, 9.17) is 15.2 Å². The van der Waals surface area contributed by atoms with Crippen molar-refractivity contribution in [3.8, 4) is 17.2 Å². The van der Waals surface area contributed by atoms with Gasteiger partial charge in [0.25, 0.3) is 5.91 Å². The van der Waals surface area contributed by atoms with Crippen LogP contribution in [0.15, 0.2) is 30.5 Å². The number of methoxy groups -OCH3 is 1. The maximum absolute atomic E-state index is 11.7. The summed E-state index contributed by atoms with van der Waals surface area (Å²) in [5.74, 6) is 0.511. The van der Waals surface area contributed by atoms with Crippen molar-refractivity contribution in [3.05, 3.63) is 36.2 Å². The first kappa shape index (κ1) is 15.8. The maximum Gasteiger partial charge on any atom is 0.271 e. The molecule has 2 N–H and O–H groups in total. The Labute approximate surface area is 129 Å². The van der Waals surface area contributed by atoms with Crippen molar-refractivity contribution in [2.24, 2.45) is 5.73 Å². The summed E-state index contributed by atoms with van der Waals surface area (Å²) in [6, 6.07) is 7.16. The molecule has 2 rings (SSSR count). The van der Waals surface area contributed by atoms with Crippen LogP contribution in [0.5, 0.6) is 11.5 Å². The third-order valence-corrected chi connectivity index (χ3v) is 3.08. The fourth-order valence-corrected chi connectivity index (χ4v) is 1.92. The highest BCUT2D eigenvalue weighted by Crippen LogP contribution is 2.22. The van der Waals surface area contributed by atoms with Gasteiger partial charge in [0.1, 0.15) is 12.4 Å². The lowest BCUT2D eigenvalue weighted by atomic mass is 10.3. The van der Waals surface area contributed by atoms with Gasteiger partial charge in [0.05, 0.1) is 19.0 Å². The summed E-state index contributed by atoms with van der Waals surface area (Å²) < 4.78 is 12.2. The predicted molar refractivity (Wildman–Crippen MR) is 82.7 cm³/mol.